The van der Waals surface area contributed by atoms with Gasteiger partial charge < -0.3 is 14.6 Å². The Morgan fingerprint density at radius 3 is 3.00 bits per heavy atom. The van der Waals surface area contributed by atoms with Gasteiger partial charge in [-0.3, -0.25) is 0 Å². The van der Waals surface area contributed by atoms with Crippen LogP contribution in [-0.2, 0) is 11.2 Å². The number of methoxy groups -OCH3 is 1. The highest BCUT2D eigenvalue weighted by Crippen LogP contribution is 2.31. The smallest absolute Gasteiger partial charge is 0.337 e. The second-order valence-electron chi connectivity index (χ2n) is 3.83. The molecule has 0 aliphatic carbocycles. The molecule has 4 nitrogen and oxygen atoms in total. The highest BCUT2D eigenvalue weighted by Gasteiger charge is 2.21. The van der Waals surface area contributed by atoms with Crippen LogP contribution >= 0.6 is 23.4 Å². The van der Waals surface area contributed by atoms with Crippen LogP contribution in [-0.4, -0.2) is 36.0 Å². The highest BCUT2D eigenvalue weighted by molar-refractivity contribution is 7.99. The van der Waals surface area contributed by atoms with Gasteiger partial charge in [-0.05, 0) is 17.7 Å². The predicted molar refractivity (Wildman–Crippen MR) is 70.9 cm³/mol. The monoisotopic (exact) mass is 288 g/mol. The highest BCUT2D eigenvalue weighted by atomic mass is 35.5. The number of thioether (sulfide) groups is 1. The largest absolute Gasteiger partial charge is 0.497 e. The third kappa shape index (κ3) is 2.91. The molecule has 1 heterocycles. The molecular formula is C12H13ClO4S. The summed E-state index contributed by atoms with van der Waals surface area (Å²) in [6, 6.07) is 3.19. The standard InChI is InChI=1S/C12H13ClO4S/c1-16-8-4-7(5-10-17-2-3-18-10)11(13)9(6-8)12(14)15/h4,6,10H,2-3,5H2,1H3,(H,14,15). The van der Waals surface area contributed by atoms with Crippen molar-refractivity contribution in [2.24, 2.45) is 0 Å². The Bertz CT molecular complexity index is 458. The maximum absolute atomic E-state index is 11.1. The number of carboxylic acids is 1. The number of rotatable bonds is 4. The number of halogens is 1. The summed E-state index contributed by atoms with van der Waals surface area (Å²) in [6.45, 7) is 0.725. The summed E-state index contributed by atoms with van der Waals surface area (Å²) in [5, 5.41) is 9.36. The van der Waals surface area contributed by atoms with E-state index in [1.807, 2.05) is 0 Å². The predicted octanol–water partition coefficient (Wildman–Crippen LogP) is 2.68. The quantitative estimate of drug-likeness (QED) is 0.923. The van der Waals surface area contributed by atoms with Crippen molar-refractivity contribution < 1.29 is 19.4 Å². The number of ether oxygens (including phenoxy) is 2. The van der Waals surface area contributed by atoms with Gasteiger partial charge in [0, 0.05) is 12.2 Å². The van der Waals surface area contributed by atoms with Crippen molar-refractivity contribution in [3.8, 4) is 5.75 Å². The molecule has 0 bridgehead atoms. The summed E-state index contributed by atoms with van der Waals surface area (Å²) in [4.78, 5) is 11.1. The van der Waals surface area contributed by atoms with Crippen LogP contribution in [0.3, 0.4) is 0 Å². The second-order valence-corrected chi connectivity index (χ2v) is 5.47. The van der Waals surface area contributed by atoms with Crippen molar-refractivity contribution in [1.82, 2.24) is 0 Å². The van der Waals surface area contributed by atoms with E-state index in [4.69, 9.17) is 26.2 Å². The van der Waals surface area contributed by atoms with Gasteiger partial charge in [-0.15, -0.1) is 11.8 Å². The summed E-state index contributed by atoms with van der Waals surface area (Å²) >= 11 is 7.81. The van der Waals surface area contributed by atoms with Crippen molar-refractivity contribution >= 4 is 29.3 Å². The van der Waals surface area contributed by atoms with Gasteiger partial charge in [-0.2, -0.15) is 0 Å². The van der Waals surface area contributed by atoms with Gasteiger partial charge in [-0.1, -0.05) is 11.6 Å². The molecule has 1 unspecified atom stereocenters. The normalized spacial score (nSPS) is 18.9. The van der Waals surface area contributed by atoms with Crippen LogP contribution in [0.5, 0.6) is 5.75 Å². The zero-order valence-electron chi connectivity index (χ0n) is 9.81. The van der Waals surface area contributed by atoms with Crippen molar-refractivity contribution in [3.05, 3.63) is 28.3 Å². The first-order valence-electron chi connectivity index (χ1n) is 5.44. The molecule has 0 amide bonds. The molecule has 1 saturated heterocycles. The third-order valence-corrected chi connectivity index (χ3v) is 4.19. The lowest BCUT2D eigenvalue weighted by atomic mass is 10.1. The second kappa shape index (κ2) is 5.82. The van der Waals surface area contributed by atoms with Crippen molar-refractivity contribution in [2.75, 3.05) is 19.5 Å². The van der Waals surface area contributed by atoms with Gasteiger partial charge in [0.1, 0.15) is 11.2 Å². The van der Waals surface area contributed by atoms with Crippen molar-refractivity contribution in [3.63, 3.8) is 0 Å². The minimum Gasteiger partial charge on any atom is -0.497 e. The van der Waals surface area contributed by atoms with Crippen molar-refractivity contribution in [2.45, 2.75) is 11.9 Å². The minimum absolute atomic E-state index is 0.0382. The lowest BCUT2D eigenvalue weighted by Crippen LogP contribution is -2.08. The molecule has 6 heteroatoms. The molecule has 1 aliphatic rings. The molecule has 1 aromatic carbocycles. The Kier molecular flexibility index (Phi) is 4.37. The maximum Gasteiger partial charge on any atom is 0.337 e. The molecule has 2 rings (SSSR count). The number of hydrogen-bond acceptors (Lipinski definition) is 4. The van der Waals surface area contributed by atoms with E-state index in [2.05, 4.69) is 0 Å². The summed E-state index contributed by atoms with van der Waals surface area (Å²) < 4.78 is 10.6. The Balaban J connectivity index is 2.32. The van der Waals surface area contributed by atoms with Gasteiger partial charge in [0.15, 0.2) is 0 Å². The van der Waals surface area contributed by atoms with E-state index in [0.29, 0.717) is 12.2 Å². The molecule has 0 saturated carbocycles. The van der Waals surface area contributed by atoms with Gasteiger partial charge in [0.2, 0.25) is 0 Å². The van der Waals surface area contributed by atoms with Crippen LogP contribution in [0.1, 0.15) is 15.9 Å². The van der Waals surface area contributed by atoms with Crippen LogP contribution in [0.4, 0.5) is 0 Å². The summed E-state index contributed by atoms with van der Waals surface area (Å²) in [5.41, 5.74) is 0.845. The maximum atomic E-state index is 11.1. The summed E-state index contributed by atoms with van der Waals surface area (Å²) in [6.07, 6.45) is 0.584. The molecule has 1 fully saturated rings. The fourth-order valence-electron chi connectivity index (χ4n) is 1.78. The minimum atomic E-state index is -1.06. The first kappa shape index (κ1) is 13.5. The van der Waals surface area contributed by atoms with E-state index in [1.165, 1.54) is 13.2 Å². The van der Waals surface area contributed by atoms with Gasteiger partial charge in [0.05, 0.1) is 24.3 Å². The molecule has 18 heavy (non-hydrogen) atoms. The van der Waals surface area contributed by atoms with Gasteiger partial charge in [-0.25, -0.2) is 4.79 Å². The van der Waals surface area contributed by atoms with Crippen LogP contribution in [0.25, 0.3) is 0 Å². The van der Waals surface area contributed by atoms with E-state index in [1.54, 1.807) is 17.8 Å². The van der Waals surface area contributed by atoms with Crippen LogP contribution < -0.4 is 4.74 Å². The molecule has 0 spiro atoms. The van der Waals surface area contributed by atoms with Gasteiger partial charge >= 0.3 is 5.97 Å². The fourth-order valence-corrected chi connectivity index (χ4v) is 2.99. The molecular weight excluding hydrogens is 276 g/mol. The lowest BCUT2D eigenvalue weighted by Gasteiger charge is -2.13. The Hall–Kier alpha value is -0.910. The zero-order chi connectivity index (χ0) is 13.1. The molecule has 1 aromatic rings. The molecule has 1 aliphatic heterocycles. The lowest BCUT2D eigenvalue weighted by molar-refractivity contribution is 0.0696. The topological polar surface area (TPSA) is 55.8 Å². The molecule has 1 atom stereocenters. The molecule has 1 N–H and O–H groups in total. The number of benzene rings is 1. The molecule has 98 valence electrons. The summed E-state index contributed by atoms with van der Waals surface area (Å²) in [5.74, 6) is 0.396. The SMILES string of the molecule is COc1cc(CC2OCCS2)c(Cl)c(C(=O)O)c1. The Morgan fingerprint density at radius 2 is 2.44 bits per heavy atom. The van der Waals surface area contributed by atoms with Crippen molar-refractivity contribution in [1.29, 1.82) is 0 Å². The van der Waals surface area contributed by atoms with Crippen LogP contribution in [0, 0.1) is 0 Å². The van der Waals surface area contributed by atoms with E-state index in [9.17, 15) is 4.79 Å². The zero-order valence-corrected chi connectivity index (χ0v) is 11.4. The first-order chi connectivity index (χ1) is 8.61. The third-order valence-electron chi connectivity index (χ3n) is 2.66. The van der Waals surface area contributed by atoms with E-state index in [0.717, 1.165) is 17.9 Å². The average molecular weight is 289 g/mol. The Morgan fingerprint density at radius 1 is 1.67 bits per heavy atom. The first-order valence-corrected chi connectivity index (χ1v) is 6.87. The van der Waals surface area contributed by atoms with Crippen LogP contribution in [0.2, 0.25) is 5.02 Å². The number of carboxylic acid groups (broad SMARTS) is 1. The van der Waals surface area contributed by atoms with E-state index >= 15 is 0 Å². The molecule has 0 radical (unpaired) electrons. The van der Waals surface area contributed by atoms with E-state index in [-0.39, 0.29) is 16.0 Å². The number of aromatic carboxylic acids is 1. The van der Waals surface area contributed by atoms with Crippen LogP contribution in [0.15, 0.2) is 12.1 Å². The fraction of sp³-hybridized carbons (Fsp3) is 0.417. The molecule has 0 aromatic heterocycles. The average Bonchev–Trinajstić information content (AvgIpc) is 2.84. The number of carbonyl (C=O) groups is 1. The van der Waals surface area contributed by atoms with E-state index < -0.39 is 5.97 Å². The van der Waals surface area contributed by atoms with Gasteiger partial charge in [0.25, 0.3) is 0 Å². The summed E-state index contributed by atoms with van der Waals surface area (Å²) in [7, 11) is 1.50. The Labute approximate surface area is 114 Å². The number of hydrogen-bond donors (Lipinski definition) is 1.